The Kier molecular flexibility index (Phi) is 5.37. The SMILES string of the molecule is C=CC(=O)N(Cc1cc(Br)ccc1F)C1CCC2(CC1)OCCO2. The van der Waals surface area contributed by atoms with Gasteiger partial charge in [-0.3, -0.25) is 4.79 Å². The number of ether oxygens (including phenoxy) is 2. The summed E-state index contributed by atoms with van der Waals surface area (Å²) in [5, 5.41) is 0. The molecule has 0 bridgehead atoms. The maximum Gasteiger partial charge on any atom is 0.246 e. The van der Waals surface area contributed by atoms with Gasteiger partial charge in [0.15, 0.2) is 5.79 Å². The molecule has 0 unspecified atom stereocenters. The third kappa shape index (κ3) is 3.71. The van der Waals surface area contributed by atoms with Crippen molar-refractivity contribution in [1.82, 2.24) is 4.90 Å². The van der Waals surface area contributed by atoms with Gasteiger partial charge in [0.05, 0.1) is 13.2 Å². The van der Waals surface area contributed by atoms with E-state index in [1.165, 1.54) is 12.1 Å². The van der Waals surface area contributed by atoms with Gasteiger partial charge in [0.1, 0.15) is 5.82 Å². The van der Waals surface area contributed by atoms with Gasteiger partial charge in [-0.25, -0.2) is 4.39 Å². The quantitative estimate of drug-likeness (QED) is 0.725. The van der Waals surface area contributed by atoms with E-state index in [9.17, 15) is 9.18 Å². The molecule has 1 heterocycles. The molecule has 0 radical (unpaired) electrons. The number of halogens is 2. The van der Waals surface area contributed by atoms with Gasteiger partial charge in [-0.2, -0.15) is 0 Å². The van der Waals surface area contributed by atoms with Crippen LogP contribution in [0.4, 0.5) is 4.39 Å². The molecule has 1 saturated heterocycles. The molecule has 1 aliphatic carbocycles. The molecule has 1 saturated carbocycles. The fourth-order valence-electron chi connectivity index (χ4n) is 3.49. The Labute approximate surface area is 149 Å². The minimum atomic E-state index is -0.472. The van der Waals surface area contributed by atoms with Crippen molar-refractivity contribution < 1.29 is 18.7 Å². The molecule has 4 nitrogen and oxygen atoms in total. The summed E-state index contributed by atoms with van der Waals surface area (Å²) in [6, 6.07) is 4.81. The maximum absolute atomic E-state index is 14.1. The molecule has 6 heteroatoms. The van der Waals surface area contributed by atoms with Crippen molar-refractivity contribution in [2.75, 3.05) is 13.2 Å². The molecular weight excluding hydrogens is 377 g/mol. The van der Waals surface area contributed by atoms with Gasteiger partial charge in [-0.15, -0.1) is 0 Å². The van der Waals surface area contributed by atoms with Crippen molar-refractivity contribution in [2.24, 2.45) is 0 Å². The van der Waals surface area contributed by atoms with E-state index < -0.39 is 5.79 Å². The summed E-state index contributed by atoms with van der Waals surface area (Å²) >= 11 is 3.35. The predicted octanol–water partition coefficient (Wildman–Crippen LogP) is 3.79. The predicted molar refractivity (Wildman–Crippen MR) is 91.7 cm³/mol. The first kappa shape index (κ1) is 17.6. The first-order valence-corrected chi connectivity index (χ1v) is 8.97. The van der Waals surface area contributed by atoms with Crippen LogP contribution >= 0.6 is 15.9 Å². The van der Waals surface area contributed by atoms with E-state index in [0.717, 1.165) is 30.2 Å². The normalized spacial score (nSPS) is 20.2. The van der Waals surface area contributed by atoms with Crippen molar-refractivity contribution in [2.45, 2.75) is 44.1 Å². The van der Waals surface area contributed by atoms with Crippen LogP contribution in [-0.2, 0) is 20.8 Å². The molecule has 130 valence electrons. The zero-order valence-corrected chi connectivity index (χ0v) is 15.1. The highest BCUT2D eigenvalue weighted by Crippen LogP contribution is 2.38. The van der Waals surface area contributed by atoms with Crippen LogP contribution < -0.4 is 0 Å². The first-order chi connectivity index (χ1) is 11.5. The number of rotatable bonds is 4. The highest BCUT2D eigenvalue weighted by Gasteiger charge is 2.42. The fraction of sp³-hybridized carbons (Fsp3) is 0.500. The summed E-state index contributed by atoms with van der Waals surface area (Å²) in [5.74, 6) is -0.959. The standard InChI is InChI=1S/C18H21BrFNO3/c1-2-17(22)21(12-13-11-14(19)3-4-16(13)20)15-5-7-18(8-6-15)23-9-10-24-18/h2-4,11,15H,1,5-10,12H2. The van der Waals surface area contributed by atoms with Gasteiger partial charge < -0.3 is 14.4 Å². The van der Waals surface area contributed by atoms with Crippen LogP contribution in [-0.4, -0.2) is 35.8 Å². The van der Waals surface area contributed by atoms with Gasteiger partial charge in [-0.05, 0) is 37.1 Å². The van der Waals surface area contributed by atoms with Gasteiger partial charge in [0.25, 0.3) is 0 Å². The second-order valence-electron chi connectivity index (χ2n) is 6.24. The highest BCUT2D eigenvalue weighted by molar-refractivity contribution is 9.10. The lowest BCUT2D eigenvalue weighted by atomic mass is 9.88. The number of carbonyl (C=O) groups excluding carboxylic acids is 1. The van der Waals surface area contributed by atoms with E-state index >= 15 is 0 Å². The van der Waals surface area contributed by atoms with Crippen LogP contribution in [0.5, 0.6) is 0 Å². The monoisotopic (exact) mass is 397 g/mol. The number of hydrogen-bond acceptors (Lipinski definition) is 3. The molecule has 0 aromatic heterocycles. The lowest BCUT2D eigenvalue weighted by Gasteiger charge is -2.40. The van der Waals surface area contributed by atoms with Crippen LogP contribution in [0.15, 0.2) is 35.3 Å². The third-order valence-electron chi connectivity index (χ3n) is 4.78. The van der Waals surface area contributed by atoms with E-state index in [4.69, 9.17) is 9.47 Å². The van der Waals surface area contributed by atoms with Gasteiger partial charge in [-0.1, -0.05) is 22.5 Å². The summed E-state index contributed by atoms with van der Waals surface area (Å²) in [6.45, 7) is 5.07. The number of nitrogens with zero attached hydrogens (tertiary/aromatic N) is 1. The summed E-state index contributed by atoms with van der Waals surface area (Å²) in [4.78, 5) is 14.0. The smallest absolute Gasteiger partial charge is 0.246 e. The summed E-state index contributed by atoms with van der Waals surface area (Å²) < 4.78 is 26.3. The lowest BCUT2D eigenvalue weighted by molar-refractivity contribution is -0.185. The van der Waals surface area contributed by atoms with Crippen molar-refractivity contribution in [3.63, 3.8) is 0 Å². The third-order valence-corrected chi connectivity index (χ3v) is 5.27. The van der Waals surface area contributed by atoms with Crippen LogP contribution in [0.25, 0.3) is 0 Å². The van der Waals surface area contributed by atoms with Crippen molar-refractivity contribution in [1.29, 1.82) is 0 Å². The molecule has 1 aromatic rings. The maximum atomic E-state index is 14.1. The van der Waals surface area contributed by atoms with Crippen LogP contribution in [0.3, 0.4) is 0 Å². The van der Waals surface area contributed by atoms with Crippen molar-refractivity contribution >= 4 is 21.8 Å². The molecule has 1 aromatic carbocycles. The average molecular weight is 398 g/mol. The molecule has 24 heavy (non-hydrogen) atoms. The topological polar surface area (TPSA) is 38.8 Å². The zero-order valence-electron chi connectivity index (χ0n) is 13.5. The van der Waals surface area contributed by atoms with E-state index in [0.29, 0.717) is 18.8 Å². The number of carbonyl (C=O) groups is 1. The van der Waals surface area contributed by atoms with Gasteiger partial charge >= 0.3 is 0 Å². The molecule has 0 atom stereocenters. The Bertz CT molecular complexity index is 621. The van der Waals surface area contributed by atoms with E-state index in [1.54, 1.807) is 17.0 Å². The second-order valence-corrected chi connectivity index (χ2v) is 7.16. The lowest BCUT2D eigenvalue weighted by Crippen LogP contribution is -2.46. The number of hydrogen-bond donors (Lipinski definition) is 0. The highest BCUT2D eigenvalue weighted by atomic mass is 79.9. The molecular formula is C18H21BrFNO3. The van der Waals surface area contributed by atoms with Crippen LogP contribution in [0.1, 0.15) is 31.2 Å². The number of benzene rings is 1. The van der Waals surface area contributed by atoms with Crippen molar-refractivity contribution in [3.8, 4) is 0 Å². The minimum Gasteiger partial charge on any atom is -0.348 e. The Hall–Kier alpha value is -1.24. The first-order valence-electron chi connectivity index (χ1n) is 8.18. The summed E-state index contributed by atoms with van der Waals surface area (Å²) in [5.41, 5.74) is 0.494. The molecule has 2 aliphatic rings. The van der Waals surface area contributed by atoms with E-state index in [-0.39, 0.29) is 24.3 Å². The van der Waals surface area contributed by atoms with E-state index in [1.807, 2.05) is 0 Å². The van der Waals surface area contributed by atoms with Gasteiger partial charge in [0.2, 0.25) is 5.91 Å². The summed E-state index contributed by atoms with van der Waals surface area (Å²) in [7, 11) is 0. The Morgan fingerprint density at radius 1 is 1.38 bits per heavy atom. The Balaban J connectivity index is 1.74. The molecule has 2 fully saturated rings. The van der Waals surface area contributed by atoms with E-state index in [2.05, 4.69) is 22.5 Å². The number of amides is 1. The molecule has 0 N–H and O–H groups in total. The minimum absolute atomic E-state index is 0.0345. The molecule has 1 amide bonds. The summed E-state index contributed by atoms with van der Waals surface area (Å²) in [6.07, 6.45) is 4.34. The fourth-order valence-corrected chi connectivity index (χ4v) is 3.90. The Morgan fingerprint density at radius 2 is 2.04 bits per heavy atom. The largest absolute Gasteiger partial charge is 0.348 e. The van der Waals surface area contributed by atoms with Crippen molar-refractivity contribution in [3.05, 3.63) is 46.7 Å². The average Bonchev–Trinajstić information content (AvgIpc) is 3.04. The Morgan fingerprint density at radius 3 is 2.67 bits per heavy atom. The van der Waals surface area contributed by atoms with Crippen LogP contribution in [0, 0.1) is 5.82 Å². The zero-order chi connectivity index (χ0) is 17.2. The molecule has 3 rings (SSSR count). The molecule has 1 aliphatic heterocycles. The second kappa shape index (κ2) is 7.33. The van der Waals surface area contributed by atoms with Crippen LogP contribution in [0.2, 0.25) is 0 Å². The van der Waals surface area contributed by atoms with Gasteiger partial charge in [0, 0.05) is 35.5 Å². The molecule has 1 spiro atoms.